The van der Waals surface area contributed by atoms with E-state index in [4.69, 9.17) is 15.0 Å². The van der Waals surface area contributed by atoms with E-state index in [1.165, 1.54) is 11.1 Å². The van der Waals surface area contributed by atoms with E-state index in [9.17, 15) is 0 Å². The lowest BCUT2D eigenvalue weighted by Crippen LogP contribution is -1.94. The van der Waals surface area contributed by atoms with Crippen LogP contribution in [0, 0.1) is 0 Å². The third-order valence-electron chi connectivity index (χ3n) is 9.48. The number of rotatable bonds is 3. The second-order valence-corrected chi connectivity index (χ2v) is 12.2. The molecule has 4 heterocycles. The van der Waals surface area contributed by atoms with Crippen molar-refractivity contribution in [1.29, 1.82) is 0 Å². The smallest absolute Gasteiger partial charge is 0.0978 e. The fourth-order valence-electron chi connectivity index (χ4n) is 7.22. The van der Waals surface area contributed by atoms with Gasteiger partial charge in [-0.15, -0.1) is 0 Å². The number of hydrogen-bond acceptors (Lipinski definition) is 4. The summed E-state index contributed by atoms with van der Waals surface area (Å²) in [5.74, 6) is 0. The Balaban J connectivity index is 1.19. The van der Waals surface area contributed by atoms with Gasteiger partial charge >= 0.3 is 0 Å². The maximum absolute atomic E-state index is 5.36. The third kappa shape index (κ3) is 4.10. The molecule has 0 aliphatic heterocycles. The summed E-state index contributed by atoms with van der Waals surface area (Å²) in [5, 5.41) is 7.73. The Morgan fingerprint density at radius 2 is 0.896 bits per heavy atom. The van der Waals surface area contributed by atoms with E-state index in [1.807, 2.05) is 12.3 Å². The molecule has 0 fully saturated rings. The molecule has 0 saturated carbocycles. The van der Waals surface area contributed by atoms with E-state index in [0.29, 0.717) is 0 Å². The zero-order valence-corrected chi connectivity index (χ0v) is 25.8. The van der Waals surface area contributed by atoms with Crippen molar-refractivity contribution < 1.29 is 0 Å². The van der Waals surface area contributed by atoms with E-state index < -0.39 is 0 Å². The second-order valence-electron chi connectivity index (χ2n) is 12.2. The molecule has 4 aromatic heterocycles. The Morgan fingerprint density at radius 1 is 0.333 bits per heavy atom. The molecule has 0 atom stereocenters. The van der Waals surface area contributed by atoms with Crippen LogP contribution in [0.4, 0.5) is 0 Å². The van der Waals surface area contributed by atoms with Crippen LogP contribution in [0.2, 0.25) is 0 Å². The van der Waals surface area contributed by atoms with Crippen molar-refractivity contribution in [3.05, 3.63) is 158 Å². The minimum absolute atomic E-state index is 0.900. The van der Waals surface area contributed by atoms with Crippen LogP contribution in [0.1, 0.15) is 0 Å². The first-order valence-corrected chi connectivity index (χ1v) is 16.1. The van der Waals surface area contributed by atoms with Gasteiger partial charge in [-0.2, -0.15) is 0 Å². The van der Waals surface area contributed by atoms with Crippen LogP contribution in [-0.4, -0.2) is 19.9 Å². The lowest BCUT2D eigenvalue weighted by molar-refractivity contribution is 1.37. The van der Waals surface area contributed by atoms with Gasteiger partial charge in [0, 0.05) is 49.8 Å². The van der Waals surface area contributed by atoms with Crippen LogP contribution in [0.25, 0.3) is 98.9 Å². The van der Waals surface area contributed by atoms with E-state index >= 15 is 0 Å². The summed E-state index contributed by atoms with van der Waals surface area (Å²) < 4.78 is 0. The predicted octanol–water partition coefficient (Wildman–Crippen LogP) is 11.2. The molecule has 0 radical (unpaired) electrons. The summed E-state index contributed by atoms with van der Waals surface area (Å²) in [5.41, 5.74) is 11.0. The molecule has 0 aliphatic rings. The first-order valence-electron chi connectivity index (χ1n) is 16.1. The highest BCUT2D eigenvalue weighted by Gasteiger charge is 2.17. The summed E-state index contributed by atoms with van der Waals surface area (Å²) in [6.45, 7) is 0. The standard InChI is InChI=1S/C44H26N4/c1-2-9-27(10-3-1)40-35-14-6-7-15-37(35)48-44-36(40)21-18-30-20-25-39(47-43(30)44)34-23-22-33(31-12-4-5-13-32(31)34)38-24-19-29-17-16-28-11-8-26-45-41(28)42(29)46-38/h1-26H. The molecule has 48 heavy (non-hydrogen) atoms. The monoisotopic (exact) mass is 610 g/mol. The van der Waals surface area contributed by atoms with Gasteiger partial charge in [0.25, 0.3) is 0 Å². The second kappa shape index (κ2) is 10.5. The first-order chi connectivity index (χ1) is 23.8. The molecule has 0 amide bonds. The normalized spacial score (nSPS) is 11.8. The predicted molar refractivity (Wildman–Crippen MR) is 199 cm³/mol. The molecule has 0 saturated heterocycles. The Labute approximate surface area is 276 Å². The molecule has 0 bridgehead atoms. The van der Waals surface area contributed by atoms with Crippen LogP contribution >= 0.6 is 0 Å². The number of para-hydroxylation sites is 1. The van der Waals surface area contributed by atoms with Crippen LogP contribution in [-0.2, 0) is 0 Å². The van der Waals surface area contributed by atoms with Gasteiger partial charge in [-0.3, -0.25) is 4.98 Å². The summed E-state index contributed by atoms with van der Waals surface area (Å²) >= 11 is 0. The summed E-state index contributed by atoms with van der Waals surface area (Å²) in [6.07, 6.45) is 1.83. The first kappa shape index (κ1) is 26.7. The third-order valence-corrected chi connectivity index (χ3v) is 9.48. The van der Waals surface area contributed by atoms with Crippen molar-refractivity contribution in [3.63, 3.8) is 0 Å². The molecular weight excluding hydrogens is 585 g/mol. The molecule has 4 heteroatoms. The molecule has 0 unspecified atom stereocenters. The Bertz CT molecular complexity index is 2900. The molecule has 10 aromatic rings. The van der Waals surface area contributed by atoms with E-state index in [1.54, 1.807) is 0 Å². The van der Waals surface area contributed by atoms with Crippen molar-refractivity contribution in [3.8, 4) is 33.6 Å². The summed E-state index contributed by atoms with van der Waals surface area (Å²) in [6, 6.07) is 53.1. The number of fused-ring (bicyclic) bond motifs is 8. The van der Waals surface area contributed by atoms with Gasteiger partial charge in [0.15, 0.2) is 0 Å². The summed E-state index contributed by atoms with van der Waals surface area (Å²) in [7, 11) is 0. The Morgan fingerprint density at radius 3 is 1.60 bits per heavy atom. The molecule has 10 rings (SSSR count). The summed E-state index contributed by atoms with van der Waals surface area (Å²) in [4.78, 5) is 20.4. The minimum atomic E-state index is 0.900. The molecular formula is C44H26N4. The van der Waals surface area contributed by atoms with Crippen LogP contribution < -0.4 is 0 Å². The van der Waals surface area contributed by atoms with Gasteiger partial charge in [-0.05, 0) is 40.6 Å². The SMILES string of the molecule is c1ccc(-c2c3ccccc3nc3c2ccc2ccc(-c4ccc(-c5ccc6ccc7cccnc7c6n5)c5ccccc45)nc23)cc1. The molecule has 0 aliphatic carbocycles. The van der Waals surface area contributed by atoms with Gasteiger partial charge in [-0.25, -0.2) is 15.0 Å². The fourth-order valence-corrected chi connectivity index (χ4v) is 7.22. The minimum Gasteiger partial charge on any atom is -0.254 e. The number of pyridine rings is 4. The maximum Gasteiger partial charge on any atom is 0.0978 e. The van der Waals surface area contributed by atoms with Gasteiger partial charge in [0.1, 0.15) is 0 Å². The van der Waals surface area contributed by atoms with Gasteiger partial charge < -0.3 is 0 Å². The average molecular weight is 611 g/mol. The topological polar surface area (TPSA) is 51.6 Å². The quantitative estimate of drug-likeness (QED) is 0.147. The van der Waals surface area contributed by atoms with Gasteiger partial charge in [-0.1, -0.05) is 127 Å². The van der Waals surface area contributed by atoms with E-state index in [2.05, 4.69) is 151 Å². The van der Waals surface area contributed by atoms with Crippen molar-refractivity contribution >= 4 is 65.3 Å². The van der Waals surface area contributed by atoms with Crippen LogP contribution in [0.3, 0.4) is 0 Å². The van der Waals surface area contributed by atoms with E-state index in [-0.39, 0.29) is 0 Å². The maximum atomic E-state index is 5.36. The highest BCUT2D eigenvalue weighted by molar-refractivity contribution is 6.16. The Hall–Kier alpha value is -6.52. The number of benzene rings is 6. The average Bonchev–Trinajstić information content (AvgIpc) is 3.16. The molecule has 0 spiro atoms. The lowest BCUT2D eigenvalue weighted by atomic mass is 9.94. The van der Waals surface area contributed by atoms with Crippen LogP contribution in [0.5, 0.6) is 0 Å². The van der Waals surface area contributed by atoms with Gasteiger partial charge in [0.05, 0.1) is 39.0 Å². The number of nitrogens with zero attached hydrogens (tertiary/aromatic N) is 4. The zero-order valence-electron chi connectivity index (χ0n) is 25.8. The van der Waals surface area contributed by atoms with Crippen molar-refractivity contribution in [2.24, 2.45) is 0 Å². The fraction of sp³-hybridized carbons (Fsp3) is 0. The van der Waals surface area contributed by atoms with Crippen molar-refractivity contribution in [2.45, 2.75) is 0 Å². The van der Waals surface area contributed by atoms with Crippen molar-refractivity contribution in [2.75, 3.05) is 0 Å². The highest BCUT2D eigenvalue weighted by atomic mass is 14.8. The largest absolute Gasteiger partial charge is 0.254 e. The molecule has 4 nitrogen and oxygen atoms in total. The Kier molecular flexibility index (Phi) is 5.84. The molecule has 0 N–H and O–H groups in total. The van der Waals surface area contributed by atoms with Crippen molar-refractivity contribution in [1.82, 2.24) is 19.9 Å². The number of aromatic nitrogens is 4. The highest BCUT2D eigenvalue weighted by Crippen LogP contribution is 2.39. The number of hydrogen-bond donors (Lipinski definition) is 0. The van der Waals surface area contributed by atoms with Crippen LogP contribution in [0.15, 0.2) is 158 Å². The molecule has 6 aromatic carbocycles. The lowest BCUT2D eigenvalue weighted by Gasteiger charge is -2.14. The zero-order chi connectivity index (χ0) is 31.6. The molecule has 222 valence electrons. The van der Waals surface area contributed by atoms with Gasteiger partial charge in [0.2, 0.25) is 0 Å². The van der Waals surface area contributed by atoms with E-state index in [0.717, 1.165) is 87.8 Å².